The molecule has 0 saturated heterocycles. The highest BCUT2D eigenvalue weighted by Gasteiger charge is 2.52. The molecule has 3 heteroatoms. The average molecular weight is 363 g/mol. The van der Waals surface area contributed by atoms with E-state index in [1.165, 1.54) is 10.4 Å². The van der Waals surface area contributed by atoms with Gasteiger partial charge >= 0.3 is 8.32 Å². The Morgan fingerprint density at radius 1 is 0.731 bits per heavy atom. The number of hydrogen-bond donors (Lipinski definition) is 1. The Bertz CT molecular complexity index is 782. The summed E-state index contributed by atoms with van der Waals surface area (Å²) in [5, 5.41) is 11.8. The van der Waals surface area contributed by atoms with E-state index in [9.17, 15) is 5.11 Å². The van der Waals surface area contributed by atoms with Crippen LogP contribution in [0.2, 0.25) is 5.04 Å². The zero-order valence-corrected chi connectivity index (χ0v) is 16.6. The first-order valence-corrected chi connectivity index (χ1v) is 10.9. The van der Waals surface area contributed by atoms with Crippen LogP contribution < -0.4 is 14.8 Å². The summed E-state index contributed by atoms with van der Waals surface area (Å²) in [6.45, 7) is 6.84. The molecule has 0 aliphatic carbocycles. The van der Waals surface area contributed by atoms with Gasteiger partial charge in [-0.05, 0) is 33.1 Å². The van der Waals surface area contributed by atoms with E-state index in [4.69, 9.17) is 4.43 Å². The van der Waals surface area contributed by atoms with Crippen molar-refractivity contribution in [2.24, 2.45) is 0 Å². The maximum absolute atomic E-state index is 9.31. The molecule has 0 aromatic heterocycles. The summed E-state index contributed by atoms with van der Waals surface area (Å²) >= 11 is 0. The lowest BCUT2D eigenvalue weighted by atomic mass is 10.2. The maximum atomic E-state index is 9.31. The molecule has 26 heavy (non-hydrogen) atoms. The van der Waals surface area contributed by atoms with Gasteiger partial charge < -0.3 is 9.53 Å². The monoisotopic (exact) mass is 362 g/mol. The SMILES string of the molecule is CC(C)(C)[Si](Oc1ccc(CO)cc1)(c1ccccc1)c1ccccc1. The third-order valence-electron chi connectivity index (χ3n) is 4.79. The summed E-state index contributed by atoms with van der Waals surface area (Å²) in [7, 11) is -2.58. The molecule has 3 aromatic carbocycles. The third kappa shape index (κ3) is 3.46. The Kier molecular flexibility index (Phi) is 5.30. The second kappa shape index (κ2) is 7.48. The molecule has 3 rings (SSSR count). The minimum Gasteiger partial charge on any atom is -0.534 e. The van der Waals surface area contributed by atoms with Gasteiger partial charge in [0.25, 0.3) is 0 Å². The van der Waals surface area contributed by atoms with E-state index in [2.05, 4.69) is 69.3 Å². The highest BCUT2D eigenvalue weighted by Crippen LogP contribution is 2.37. The largest absolute Gasteiger partial charge is 0.534 e. The van der Waals surface area contributed by atoms with Crippen LogP contribution in [0.1, 0.15) is 26.3 Å². The lowest BCUT2D eigenvalue weighted by molar-refractivity contribution is 0.282. The van der Waals surface area contributed by atoms with Crippen molar-refractivity contribution < 1.29 is 9.53 Å². The van der Waals surface area contributed by atoms with Gasteiger partial charge in [0.05, 0.1) is 6.61 Å². The topological polar surface area (TPSA) is 29.5 Å². The number of hydrogen-bond acceptors (Lipinski definition) is 2. The maximum Gasteiger partial charge on any atom is 0.319 e. The van der Waals surface area contributed by atoms with Crippen LogP contribution in [0.15, 0.2) is 84.9 Å². The smallest absolute Gasteiger partial charge is 0.319 e. The summed E-state index contributed by atoms with van der Waals surface area (Å²) < 4.78 is 6.90. The van der Waals surface area contributed by atoms with Crippen molar-refractivity contribution in [3.05, 3.63) is 90.5 Å². The van der Waals surface area contributed by atoms with E-state index >= 15 is 0 Å². The molecule has 0 saturated carbocycles. The van der Waals surface area contributed by atoms with Gasteiger partial charge in [0.1, 0.15) is 5.75 Å². The molecule has 134 valence electrons. The van der Waals surface area contributed by atoms with Crippen LogP contribution in [0.3, 0.4) is 0 Å². The van der Waals surface area contributed by atoms with Crippen molar-refractivity contribution in [2.75, 3.05) is 0 Å². The normalized spacial score (nSPS) is 12.0. The van der Waals surface area contributed by atoms with Gasteiger partial charge in [-0.25, -0.2) is 0 Å². The fourth-order valence-corrected chi connectivity index (χ4v) is 7.91. The van der Waals surface area contributed by atoms with Gasteiger partial charge in [-0.2, -0.15) is 0 Å². The quantitative estimate of drug-likeness (QED) is 0.692. The number of aliphatic hydroxyl groups is 1. The molecule has 0 aliphatic rings. The van der Waals surface area contributed by atoms with Crippen LogP contribution in [0.5, 0.6) is 5.75 Å². The predicted octanol–water partition coefficient (Wildman–Crippen LogP) is 4.12. The standard InChI is InChI=1S/C23H26O2Si/c1-23(2,3)26(21-10-6-4-7-11-21,22-12-8-5-9-13-22)25-20-16-14-19(18-24)15-17-20/h4-17,24H,18H2,1-3H3. The molecule has 0 radical (unpaired) electrons. The molecular formula is C23H26O2Si. The van der Waals surface area contributed by atoms with Crippen molar-refractivity contribution in [1.29, 1.82) is 0 Å². The van der Waals surface area contributed by atoms with E-state index in [-0.39, 0.29) is 11.6 Å². The van der Waals surface area contributed by atoms with E-state index < -0.39 is 8.32 Å². The Morgan fingerprint density at radius 2 is 1.19 bits per heavy atom. The lowest BCUT2D eigenvalue weighted by Gasteiger charge is -2.43. The van der Waals surface area contributed by atoms with Crippen LogP contribution >= 0.6 is 0 Å². The zero-order valence-electron chi connectivity index (χ0n) is 15.6. The highest BCUT2D eigenvalue weighted by molar-refractivity contribution is 7.00. The van der Waals surface area contributed by atoms with Crippen LogP contribution in [-0.4, -0.2) is 13.4 Å². The summed E-state index contributed by atoms with van der Waals surface area (Å²) in [5.41, 5.74) is 0.889. The fourth-order valence-electron chi connectivity index (χ4n) is 3.49. The van der Waals surface area contributed by atoms with Crippen LogP contribution in [0, 0.1) is 0 Å². The first-order valence-electron chi connectivity index (χ1n) is 8.97. The molecule has 0 bridgehead atoms. The second-order valence-electron chi connectivity index (χ2n) is 7.57. The Balaban J connectivity index is 2.19. The molecule has 0 spiro atoms. The van der Waals surface area contributed by atoms with Gasteiger partial charge in [-0.3, -0.25) is 0 Å². The molecule has 0 unspecified atom stereocenters. The van der Waals surface area contributed by atoms with Crippen molar-refractivity contribution >= 4 is 18.7 Å². The van der Waals surface area contributed by atoms with E-state index in [0.29, 0.717) is 0 Å². The Morgan fingerprint density at radius 3 is 1.58 bits per heavy atom. The van der Waals surface area contributed by atoms with Gasteiger partial charge in [0.15, 0.2) is 0 Å². The minimum atomic E-state index is -2.58. The fraction of sp³-hybridized carbons (Fsp3) is 0.217. The van der Waals surface area contributed by atoms with E-state index in [1.807, 2.05) is 36.4 Å². The molecule has 0 atom stereocenters. The van der Waals surface area contributed by atoms with E-state index in [0.717, 1.165) is 11.3 Å². The number of benzene rings is 3. The third-order valence-corrected chi connectivity index (χ3v) is 9.74. The van der Waals surface area contributed by atoms with Crippen LogP contribution in [0.25, 0.3) is 0 Å². The minimum absolute atomic E-state index is 0.0412. The summed E-state index contributed by atoms with van der Waals surface area (Å²) in [4.78, 5) is 0. The molecule has 0 heterocycles. The van der Waals surface area contributed by atoms with Crippen molar-refractivity contribution in [1.82, 2.24) is 0 Å². The predicted molar refractivity (Wildman–Crippen MR) is 111 cm³/mol. The van der Waals surface area contributed by atoms with Crippen molar-refractivity contribution in [2.45, 2.75) is 32.4 Å². The van der Waals surface area contributed by atoms with Crippen molar-refractivity contribution in [3.63, 3.8) is 0 Å². The Labute approximate surface area is 157 Å². The molecule has 0 amide bonds. The van der Waals surface area contributed by atoms with E-state index in [1.54, 1.807) is 0 Å². The number of aliphatic hydroxyl groups excluding tert-OH is 1. The van der Waals surface area contributed by atoms with Crippen molar-refractivity contribution in [3.8, 4) is 5.75 Å². The second-order valence-corrected chi connectivity index (χ2v) is 11.8. The first kappa shape index (κ1) is 18.4. The molecule has 3 aromatic rings. The molecule has 0 fully saturated rings. The first-order chi connectivity index (χ1) is 12.5. The molecular weight excluding hydrogens is 336 g/mol. The summed E-state index contributed by atoms with van der Waals surface area (Å²) in [6.07, 6.45) is 0. The number of rotatable bonds is 5. The van der Waals surface area contributed by atoms with Crippen LogP contribution in [-0.2, 0) is 6.61 Å². The van der Waals surface area contributed by atoms with Gasteiger partial charge in [-0.1, -0.05) is 93.6 Å². The van der Waals surface area contributed by atoms with Crippen LogP contribution in [0.4, 0.5) is 0 Å². The summed E-state index contributed by atoms with van der Waals surface area (Å²) in [6, 6.07) is 29.0. The molecule has 1 N–H and O–H groups in total. The lowest BCUT2D eigenvalue weighted by Crippen LogP contribution is -2.68. The van der Waals surface area contributed by atoms with Gasteiger partial charge in [0, 0.05) is 0 Å². The highest BCUT2D eigenvalue weighted by atomic mass is 28.4. The zero-order chi connectivity index (χ0) is 18.6. The Hall–Kier alpha value is -2.36. The van der Waals surface area contributed by atoms with Gasteiger partial charge in [-0.15, -0.1) is 0 Å². The summed E-state index contributed by atoms with van der Waals surface area (Å²) in [5.74, 6) is 0.844. The van der Waals surface area contributed by atoms with Gasteiger partial charge in [0.2, 0.25) is 0 Å². The molecule has 2 nitrogen and oxygen atoms in total. The average Bonchev–Trinajstić information content (AvgIpc) is 2.67. The molecule has 0 aliphatic heterocycles.